The lowest BCUT2D eigenvalue weighted by atomic mass is 9.98. The van der Waals surface area contributed by atoms with E-state index in [9.17, 15) is 23.2 Å². The summed E-state index contributed by atoms with van der Waals surface area (Å²) in [6.07, 6.45) is 0.286. The molecule has 3 N–H and O–H groups in total. The number of carboxylic acids is 1. The van der Waals surface area contributed by atoms with E-state index in [-0.39, 0.29) is 31.5 Å². The van der Waals surface area contributed by atoms with Gasteiger partial charge in [0.15, 0.2) is 0 Å². The summed E-state index contributed by atoms with van der Waals surface area (Å²) in [5, 5.41) is 13.9. The van der Waals surface area contributed by atoms with Gasteiger partial charge in [0.05, 0.1) is 5.92 Å². The third-order valence-corrected chi connectivity index (χ3v) is 6.87. The summed E-state index contributed by atoms with van der Waals surface area (Å²) < 4.78 is 32.4. The average molecular weight is 487 g/mol. The minimum Gasteiger partial charge on any atom is -0.481 e. The summed E-state index contributed by atoms with van der Waals surface area (Å²) in [7, 11) is 0. The quantitative estimate of drug-likeness (QED) is 0.468. The van der Waals surface area contributed by atoms with Crippen LogP contribution < -0.4 is 10.6 Å². The van der Waals surface area contributed by atoms with Crippen molar-refractivity contribution in [1.82, 2.24) is 10.6 Å². The minimum atomic E-state index is -3.29. The maximum Gasteiger partial charge on any atom is 0.407 e. The molecule has 2 aromatic rings. The molecule has 0 radical (unpaired) electrons. The number of rotatable bonds is 10. The number of carbonyl (C=O) groups is 3. The number of aliphatic carboxylic acids is 1. The number of carboxylic acid groups (broad SMARTS) is 1. The maximum atomic E-state index is 13.4. The van der Waals surface area contributed by atoms with Crippen LogP contribution in [0.3, 0.4) is 0 Å². The van der Waals surface area contributed by atoms with Gasteiger partial charge in [0.25, 0.3) is 5.92 Å². The molecule has 7 nitrogen and oxygen atoms in total. The predicted octanol–water partition coefficient (Wildman–Crippen LogP) is 4.17. The van der Waals surface area contributed by atoms with Gasteiger partial charge in [0, 0.05) is 24.9 Å². The molecule has 4 rings (SSSR count). The molecule has 0 heterocycles. The minimum absolute atomic E-state index is 0.0121. The van der Waals surface area contributed by atoms with Crippen molar-refractivity contribution in [2.45, 2.75) is 44.1 Å². The highest BCUT2D eigenvalue weighted by atomic mass is 19.3. The Bertz CT molecular complexity index is 1080. The lowest BCUT2D eigenvalue weighted by molar-refractivity contribution is -0.141. The van der Waals surface area contributed by atoms with Crippen molar-refractivity contribution in [3.63, 3.8) is 0 Å². The zero-order valence-electron chi connectivity index (χ0n) is 19.3. The standard InChI is InChI=1S/C26H28F2N2O5/c1-2-15(11-12-22(31)29-13-21-23(24(32)33)26(21,27)28)30-25(34)35-14-20-18-9-5-3-7-16(18)17-8-4-6-10-19(17)20/h3-10,15,20-21,23H,2,11-14H2,1H3,(H,29,31)(H,30,34)(H,32,33). The Labute approximate surface area is 201 Å². The Balaban J connectivity index is 1.23. The first-order chi connectivity index (χ1) is 16.7. The van der Waals surface area contributed by atoms with Crippen molar-refractivity contribution in [1.29, 1.82) is 0 Å². The van der Waals surface area contributed by atoms with Crippen LogP contribution in [-0.4, -0.2) is 48.2 Å². The number of alkyl carbamates (subject to hydrolysis) is 1. The molecular weight excluding hydrogens is 458 g/mol. The van der Waals surface area contributed by atoms with Crippen LogP contribution in [0.15, 0.2) is 48.5 Å². The lowest BCUT2D eigenvalue weighted by Gasteiger charge is -2.19. The molecule has 1 saturated carbocycles. The van der Waals surface area contributed by atoms with E-state index in [0.717, 1.165) is 22.3 Å². The fourth-order valence-electron chi connectivity index (χ4n) is 4.78. The van der Waals surface area contributed by atoms with Gasteiger partial charge < -0.3 is 20.5 Å². The Morgan fingerprint density at radius 2 is 1.66 bits per heavy atom. The molecule has 3 atom stereocenters. The highest BCUT2D eigenvalue weighted by Crippen LogP contribution is 2.54. The molecule has 2 aromatic carbocycles. The van der Waals surface area contributed by atoms with Crippen molar-refractivity contribution in [3.05, 3.63) is 59.7 Å². The molecule has 0 bridgehead atoms. The number of ether oxygens (including phenoxy) is 1. The lowest BCUT2D eigenvalue weighted by Crippen LogP contribution is -2.37. The molecule has 2 amide bonds. The molecule has 0 aliphatic heterocycles. The SMILES string of the molecule is CCC(CCC(=O)NCC1C(C(=O)O)C1(F)F)NC(=O)OCC1c2ccccc2-c2ccccc21. The largest absolute Gasteiger partial charge is 0.481 e. The van der Waals surface area contributed by atoms with E-state index in [1.54, 1.807) is 0 Å². The second-order valence-electron chi connectivity index (χ2n) is 9.01. The van der Waals surface area contributed by atoms with Crippen LogP contribution in [0.4, 0.5) is 13.6 Å². The first-order valence-electron chi connectivity index (χ1n) is 11.7. The molecular formula is C26H28F2N2O5. The summed E-state index contributed by atoms with van der Waals surface area (Å²) in [5.74, 6) is -8.52. The van der Waals surface area contributed by atoms with Crippen LogP contribution in [-0.2, 0) is 14.3 Å². The number of hydrogen-bond acceptors (Lipinski definition) is 4. The van der Waals surface area contributed by atoms with Gasteiger partial charge in [0.2, 0.25) is 5.91 Å². The molecule has 1 fully saturated rings. The van der Waals surface area contributed by atoms with Gasteiger partial charge in [-0.1, -0.05) is 55.5 Å². The molecule has 35 heavy (non-hydrogen) atoms. The maximum absolute atomic E-state index is 13.4. The predicted molar refractivity (Wildman–Crippen MR) is 124 cm³/mol. The van der Waals surface area contributed by atoms with Gasteiger partial charge in [-0.2, -0.15) is 0 Å². The van der Waals surface area contributed by atoms with Crippen molar-refractivity contribution >= 4 is 18.0 Å². The smallest absolute Gasteiger partial charge is 0.407 e. The second kappa shape index (κ2) is 10.0. The van der Waals surface area contributed by atoms with Gasteiger partial charge in [-0.15, -0.1) is 0 Å². The number of hydrogen-bond donors (Lipinski definition) is 3. The second-order valence-corrected chi connectivity index (χ2v) is 9.01. The van der Waals surface area contributed by atoms with E-state index < -0.39 is 35.7 Å². The van der Waals surface area contributed by atoms with E-state index >= 15 is 0 Å². The third kappa shape index (κ3) is 5.13. The zero-order valence-corrected chi connectivity index (χ0v) is 19.3. The first-order valence-corrected chi connectivity index (χ1v) is 11.7. The third-order valence-electron chi connectivity index (χ3n) is 6.87. The number of amides is 2. The van der Waals surface area contributed by atoms with Crippen LogP contribution >= 0.6 is 0 Å². The fraction of sp³-hybridized carbons (Fsp3) is 0.423. The average Bonchev–Trinajstić information content (AvgIpc) is 3.26. The van der Waals surface area contributed by atoms with Crippen molar-refractivity contribution < 1.29 is 33.0 Å². The van der Waals surface area contributed by atoms with Gasteiger partial charge >= 0.3 is 12.1 Å². The summed E-state index contributed by atoms with van der Waals surface area (Å²) in [6.45, 7) is 1.64. The van der Waals surface area contributed by atoms with E-state index in [1.807, 2.05) is 43.3 Å². The Morgan fingerprint density at radius 1 is 1.06 bits per heavy atom. The first kappa shape index (κ1) is 24.6. The van der Waals surface area contributed by atoms with Crippen LogP contribution in [0.5, 0.6) is 0 Å². The highest BCUT2D eigenvalue weighted by molar-refractivity contribution is 5.79. The number of nitrogens with one attached hydrogen (secondary N) is 2. The van der Waals surface area contributed by atoms with E-state index in [0.29, 0.717) is 12.8 Å². The van der Waals surface area contributed by atoms with Crippen LogP contribution in [0, 0.1) is 11.8 Å². The summed E-state index contributed by atoms with van der Waals surface area (Å²) in [5.41, 5.74) is 4.48. The summed E-state index contributed by atoms with van der Waals surface area (Å²) in [4.78, 5) is 35.3. The van der Waals surface area contributed by atoms with Gasteiger partial charge in [-0.05, 0) is 35.1 Å². The number of carbonyl (C=O) groups excluding carboxylic acids is 2. The van der Waals surface area contributed by atoms with Crippen molar-refractivity contribution in [3.8, 4) is 11.1 Å². The Hall–Kier alpha value is -3.49. The monoisotopic (exact) mass is 486 g/mol. The van der Waals surface area contributed by atoms with Gasteiger partial charge in [-0.3, -0.25) is 9.59 Å². The molecule has 0 spiro atoms. The molecule has 186 valence electrons. The summed E-state index contributed by atoms with van der Waals surface area (Å²) >= 11 is 0. The molecule has 3 unspecified atom stereocenters. The Morgan fingerprint density at radius 3 is 2.20 bits per heavy atom. The van der Waals surface area contributed by atoms with E-state index in [2.05, 4.69) is 22.8 Å². The van der Waals surface area contributed by atoms with Crippen molar-refractivity contribution in [2.75, 3.05) is 13.2 Å². The van der Waals surface area contributed by atoms with Crippen LogP contribution in [0.2, 0.25) is 0 Å². The molecule has 0 aromatic heterocycles. The number of halogens is 2. The van der Waals surface area contributed by atoms with E-state index in [4.69, 9.17) is 9.84 Å². The van der Waals surface area contributed by atoms with Crippen molar-refractivity contribution in [2.24, 2.45) is 11.8 Å². The van der Waals surface area contributed by atoms with Gasteiger partial charge in [-0.25, -0.2) is 13.6 Å². The number of benzene rings is 2. The van der Waals surface area contributed by atoms with E-state index in [1.165, 1.54) is 0 Å². The molecule has 2 aliphatic rings. The van der Waals surface area contributed by atoms with Gasteiger partial charge in [0.1, 0.15) is 12.5 Å². The zero-order chi connectivity index (χ0) is 25.2. The highest BCUT2D eigenvalue weighted by Gasteiger charge is 2.72. The normalized spacial score (nSPS) is 20.3. The topological polar surface area (TPSA) is 105 Å². The Kier molecular flexibility index (Phi) is 7.05. The number of alkyl halides is 2. The number of fused-ring (bicyclic) bond motifs is 3. The van der Waals surface area contributed by atoms with Crippen LogP contribution in [0.25, 0.3) is 11.1 Å². The fourth-order valence-corrected chi connectivity index (χ4v) is 4.78. The molecule has 0 saturated heterocycles. The molecule has 2 aliphatic carbocycles. The summed E-state index contributed by atoms with van der Waals surface area (Å²) in [6, 6.07) is 15.7. The molecule has 9 heteroatoms. The van der Waals surface area contributed by atoms with Crippen LogP contribution in [0.1, 0.15) is 43.2 Å².